The highest BCUT2D eigenvalue weighted by atomic mass is 19.1. The number of hydrogen-bond donors (Lipinski definition) is 0. The molecular formula is C15H16FN. The molecule has 0 atom stereocenters. The predicted molar refractivity (Wildman–Crippen MR) is 68.5 cm³/mol. The molecule has 2 rings (SSSR count). The molecule has 2 aromatic rings. The summed E-state index contributed by atoms with van der Waals surface area (Å²) in [7, 11) is 0. The van der Waals surface area contributed by atoms with Gasteiger partial charge < -0.3 is 0 Å². The van der Waals surface area contributed by atoms with Gasteiger partial charge in [0.15, 0.2) is 0 Å². The molecule has 0 amide bonds. The molecular weight excluding hydrogens is 213 g/mol. The fraction of sp³-hybridized carbons (Fsp3) is 0.267. The minimum absolute atomic E-state index is 0.181. The van der Waals surface area contributed by atoms with Gasteiger partial charge in [0.25, 0.3) is 0 Å². The number of rotatable bonds is 2. The average molecular weight is 229 g/mol. The van der Waals surface area contributed by atoms with Crippen LogP contribution in [0.25, 0.3) is 11.3 Å². The smallest absolute Gasteiger partial charge is 0.126 e. The topological polar surface area (TPSA) is 12.9 Å². The Morgan fingerprint density at radius 2 is 1.88 bits per heavy atom. The van der Waals surface area contributed by atoms with E-state index in [1.54, 1.807) is 19.1 Å². The Labute approximate surface area is 101 Å². The lowest BCUT2D eigenvalue weighted by Crippen LogP contribution is -1.94. The Morgan fingerprint density at radius 1 is 1.12 bits per heavy atom. The van der Waals surface area contributed by atoms with Crippen LogP contribution < -0.4 is 0 Å². The molecule has 1 aromatic heterocycles. The predicted octanol–water partition coefficient (Wildman–Crippen LogP) is 4.32. The van der Waals surface area contributed by atoms with E-state index >= 15 is 0 Å². The molecule has 1 aromatic carbocycles. The molecule has 0 aliphatic heterocycles. The zero-order valence-corrected chi connectivity index (χ0v) is 10.4. The number of nitrogens with zero attached hydrogens (tertiary/aromatic N) is 1. The van der Waals surface area contributed by atoms with Gasteiger partial charge in [-0.1, -0.05) is 32.0 Å². The third kappa shape index (κ3) is 2.52. The lowest BCUT2D eigenvalue weighted by molar-refractivity contribution is 0.619. The van der Waals surface area contributed by atoms with E-state index in [1.807, 2.05) is 24.3 Å². The maximum Gasteiger partial charge on any atom is 0.126 e. The van der Waals surface area contributed by atoms with Gasteiger partial charge in [0.05, 0.1) is 5.69 Å². The number of aromatic nitrogens is 1. The van der Waals surface area contributed by atoms with Crippen molar-refractivity contribution in [1.29, 1.82) is 0 Å². The number of benzene rings is 1. The van der Waals surface area contributed by atoms with E-state index in [0.29, 0.717) is 11.5 Å². The zero-order chi connectivity index (χ0) is 12.4. The Bertz CT molecular complexity index is 532. The molecule has 0 unspecified atom stereocenters. The summed E-state index contributed by atoms with van der Waals surface area (Å²) in [6.07, 6.45) is 0. The molecule has 0 N–H and O–H groups in total. The molecule has 1 heterocycles. The van der Waals surface area contributed by atoms with Crippen molar-refractivity contribution in [3.05, 3.63) is 53.5 Å². The summed E-state index contributed by atoms with van der Waals surface area (Å²) < 4.78 is 13.5. The van der Waals surface area contributed by atoms with Crippen molar-refractivity contribution in [2.45, 2.75) is 26.7 Å². The highest BCUT2D eigenvalue weighted by Gasteiger charge is 2.06. The van der Waals surface area contributed by atoms with Gasteiger partial charge in [-0.25, -0.2) is 4.39 Å². The summed E-state index contributed by atoms with van der Waals surface area (Å²) in [6.45, 7) is 5.96. The third-order valence-corrected chi connectivity index (χ3v) is 2.83. The fourth-order valence-electron chi connectivity index (χ4n) is 1.69. The van der Waals surface area contributed by atoms with Crippen LogP contribution in [0.2, 0.25) is 0 Å². The van der Waals surface area contributed by atoms with Crippen molar-refractivity contribution >= 4 is 0 Å². The van der Waals surface area contributed by atoms with E-state index in [-0.39, 0.29) is 5.82 Å². The molecule has 0 spiro atoms. The number of aryl methyl sites for hydroxylation is 1. The summed E-state index contributed by atoms with van der Waals surface area (Å²) in [5.41, 5.74) is 3.35. The molecule has 17 heavy (non-hydrogen) atoms. The summed E-state index contributed by atoms with van der Waals surface area (Å²) in [5.74, 6) is 0.199. The Kier molecular flexibility index (Phi) is 3.23. The van der Waals surface area contributed by atoms with Crippen LogP contribution in [-0.4, -0.2) is 4.98 Å². The van der Waals surface area contributed by atoms with Gasteiger partial charge >= 0.3 is 0 Å². The fourth-order valence-corrected chi connectivity index (χ4v) is 1.69. The Morgan fingerprint density at radius 3 is 2.53 bits per heavy atom. The first-order valence-electron chi connectivity index (χ1n) is 5.81. The van der Waals surface area contributed by atoms with Crippen LogP contribution in [0.5, 0.6) is 0 Å². The van der Waals surface area contributed by atoms with Gasteiger partial charge in [0, 0.05) is 11.3 Å². The van der Waals surface area contributed by atoms with E-state index in [9.17, 15) is 4.39 Å². The Balaban J connectivity index is 2.45. The van der Waals surface area contributed by atoms with Crippen LogP contribution in [0.4, 0.5) is 4.39 Å². The van der Waals surface area contributed by atoms with Crippen LogP contribution in [0.15, 0.2) is 36.4 Å². The van der Waals surface area contributed by atoms with Gasteiger partial charge in [0.1, 0.15) is 5.82 Å². The van der Waals surface area contributed by atoms with Crippen molar-refractivity contribution in [3.8, 4) is 11.3 Å². The second-order valence-electron chi connectivity index (χ2n) is 4.57. The first kappa shape index (κ1) is 11.8. The second kappa shape index (κ2) is 4.66. The first-order valence-corrected chi connectivity index (χ1v) is 5.81. The summed E-state index contributed by atoms with van der Waals surface area (Å²) in [6, 6.07) is 11.1. The molecule has 88 valence electrons. The molecule has 0 radical (unpaired) electrons. The van der Waals surface area contributed by atoms with Crippen LogP contribution >= 0.6 is 0 Å². The van der Waals surface area contributed by atoms with Crippen molar-refractivity contribution in [1.82, 2.24) is 4.98 Å². The van der Waals surface area contributed by atoms with Gasteiger partial charge in [-0.2, -0.15) is 0 Å². The monoisotopic (exact) mass is 229 g/mol. The van der Waals surface area contributed by atoms with E-state index in [4.69, 9.17) is 0 Å². The van der Waals surface area contributed by atoms with Crippen molar-refractivity contribution in [3.63, 3.8) is 0 Å². The van der Waals surface area contributed by atoms with Gasteiger partial charge in [-0.15, -0.1) is 0 Å². The molecule has 0 saturated carbocycles. The first-order chi connectivity index (χ1) is 8.08. The minimum atomic E-state index is -0.181. The number of hydrogen-bond acceptors (Lipinski definition) is 1. The van der Waals surface area contributed by atoms with Crippen LogP contribution in [0.3, 0.4) is 0 Å². The summed E-state index contributed by atoms with van der Waals surface area (Å²) in [4.78, 5) is 4.55. The standard InChI is InChI=1S/C15H16FN/c1-10(2)14-5-4-6-15(17-14)12-8-7-11(3)13(16)9-12/h4-10H,1-3H3. The maximum atomic E-state index is 13.5. The normalized spacial score (nSPS) is 10.9. The lowest BCUT2D eigenvalue weighted by Gasteiger charge is -2.07. The van der Waals surface area contributed by atoms with Crippen LogP contribution in [-0.2, 0) is 0 Å². The van der Waals surface area contributed by atoms with E-state index < -0.39 is 0 Å². The van der Waals surface area contributed by atoms with E-state index in [1.165, 1.54) is 0 Å². The molecule has 0 saturated heterocycles. The highest BCUT2D eigenvalue weighted by Crippen LogP contribution is 2.22. The molecule has 0 aliphatic carbocycles. The van der Waals surface area contributed by atoms with Crippen molar-refractivity contribution < 1.29 is 4.39 Å². The number of halogens is 1. The second-order valence-corrected chi connectivity index (χ2v) is 4.57. The summed E-state index contributed by atoms with van der Waals surface area (Å²) >= 11 is 0. The molecule has 1 nitrogen and oxygen atoms in total. The average Bonchev–Trinajstić information content (AvgIpc) is 2.33. The SMILES string of the molecule is Cc1ccc(-c2cccc(C(C)C)n2)cc1F. The molecule has 0 fully saturated rings. The van der Waals surface area contributed by atoms with Crippen LogP contribution in [0, 0.1) is 12.7 Å². The van der Waals surface area contributed by atoms with Gasteiger partial charge in [-0.05, 0) is 36.6 Å². The van der Waals surface area contributed by atoms with Gasteiger partial charge in [-0.3, -0.25) is 4.98 Å². The zero-order valence-electron chi connectivity index (χ0n) is 10.4. The van der Waals surface area contributed by atoms with Crippen molar-refractivity contribution in [2.24, 2.45) is 0 Å². The maximum absolute atomic E-state index is 13.5. The van der Waals surface area contributed by atoms with Gasteiger partial charge in [0.2, 0.25) is 0 Å². The van der Waals surface area contributed by atoms with E-state index in [0.717, 1.165) is 17.0 Å². The third-order valence-electron chi connectivity index (χ3n) is 2.83. The largest absolute Gasteiger partial charge is 0.253 e. The minimum Gasteiger partial charge on any atom is -0.253 e. The molecule has 2 heteroatoms. The summed E-state index contributed by atoms with van der Waals surface area (Å²) in [5, 5.41) is 0. The quantitative estimate of drug-likeness (QED) is 0.747. The van der Waals surface area contributed by atoms with E-state index in [2.05, 4.69) is 18.8 Å². The highest BCUT2D eigenvalue weighted by molar-refractivity contribution is 5.59. The number of pyridine rings is 1. The van der Waals surface area contributed by atoms with Crippen LogP contribution in [0.1, 0.15) is 31.0 Å². The van der Waals surface area contributed by atoms with Crippen molar-refractivity contribution in [2.75, 3.05) is 0 Å². The molecule has 0 bridgehead atoms. The lowest BCUT2D eigenvalue weighted by atomic mass is 10.1. The Hall–Kier alpha value is -1.70. The molecule has 0 aliphatic rings.